The Morgan fingerprint density at radius 2 is 2.45 bits per heavy atom. The Hall–Kier alpha value is -1.56. The number of nitrogens with zero attached hydrogens (tertiary/aromatic N) is 3. The third-order valence-electron chi connectivity index (χ3n) is 4.09. The summed E-state index contributed by atoms with van der Waals surface area (Å²) in [5.41, 5.74) is 1.10. The molecule has 3 atom stereocenters. The van der Waals surface area contributed by atoms with Crippen molar-refractivity contribution in [1.29, 1.82) is 0 Å². The van der Waals surface area contributed by atoms with Crippen molar-refractivity contribution in [3.05, 3.63) is 18.0 Å². The Balaban J connectivity index is 1.61. The third kappa shape index (κ3) is 2.80. The summed E-state index contributed by atoms with van der Waals surface area (Å²) < 4.78 is 7.73. The highest BCUT2D eigenvalue weighted by molar-refractivity contribution is 5.80. The van der Waals surface area contributed by atoms with Crippen LogP contribution in [0.4, 0.5) is 0 Å². The Bertz CT molecular complexity index is 484. The van der Waals surface area contributed by atoms with Gasteiger partial charge in [-0.1, -0.05) is 0 Å². The molecule has 110 valence electrons. The number of hydrogen-bond donors (Lipinski definition) is 2. The maximum absolute atomic E-state index is 5.87. The van der Waals surface area contributed by atoms with Crippen LogP contribution in [-0.2, 0) is 18.3 Å². The SMILES string of the molecule is CCNC(=NCc1ccnn1C)NC1CC2CCC1O2. The molecule has 1 aromatic heterocycles. The van der Waals surface area contributed by atoms with Crippen molar-refractivity contribution in [2.24, 2.45) is 12.0 Å². The summed E-state index contributed by atoms with van der Waals surface area (Å²) in [5, 5.41) is 11.0. The van der Waals surface area contributed by atoms with E-state index in [0.717, 1.165) is 24.6 Å². The molecule has 0 saturated carbocycles. The zero-order chi connectivity index (χ0) is 13.9. The molecule has 3 rings (SSSR count). The normalized spacial score (nSPS) is 28.9. The van der Waals surface area contributed by atoms with Crippen LogP contribution in [0.1, 0.15) is 31.9 Å². The van der Waals surface area contributed by atoms with Crippen LogP contribution in [0.3, 0.4) is 0 Å². The van der Waals surface area contributed by atoms with Gasteiger partial charge in [-0.2, -0.15) is 5.10 Å². The maximum atomic E-state index is 5.87. The largest absolute Gasteiger partial charge is 0.373 e. The molecule has 6 nitrogen and oxygen atoms in total. The fourth-order valence-electron chi connectivity index (χ4n) is 3.00. The van der Waals surface area contributed by atoms with Crippen molar-refractivity contribution >= 4 is 5.96 Å². The topological polar surface area (TPSA) is 63.5 Å². The molecular formula is C14H23N5O. The lowest BCUT2D eigenvalue weighted by Gasteiger charge is -2.22. The molecule has 0 radical (unpaired) electrons. The van der Waals surface area contributed by atoms with Gasteiger partial charge in [-0.05, 0) is 32.3 Å². The van der Waals surface area contributed by atoms with E-state index in [1.165, 1.54) is 12.8 Å². The maximum Gasteiger partial charge on any atom is 0.191 e. The van der Waals surface area contributed by atoms with Gasteiger partial charge in [-0.3, -0.25) is 4.68 Å². The lowest BCUT2D eigenvalue weighted by molar-refractivity contribution is 0.0992. The van der Waals surface area contributed by atoms with E-state index in [4.69, 9.17) is 4.74 Å². The molecule has 2 N–H and O–H groups in total. The van der Waals surface area contributed by atoms with E-state index in [1.54, 1.807) is 6.20 Å². The number of nitrogens with one attached hydrogen (secondary N) is 2. The molecule has 2 bridgehead atoms. The minimum absolute atomic E-state index is 0.362. The summed E-state index contributed by atoms with van der Waals surface area (Å²) >= 11 is 0. The highest BCUT2D eigenvalue weighted by Gasteiger charge is 2.41. The smallest absolute Gasteiger partial charge is 0.191 e. The Labute approximate surface area is 119 Å². The lowest BCUT2D eigenvalue weighted by Crippen LogP contribution is -2.47. The van der Waals surface area contributed by atoms with Crippen LogP contribution in [0.15, 0.2) is 17.3 Å². The fraction of sp³-hybridized carbons (Fsp3) is 0.714. The zero-order valence-corrected chi connectivity index (χ0v) is 12.2. The molecule has 2 fully saturated rings. The van der Waals surface area contributed by atoms with Gasteiger partial charge in [-0.25, -0.2) is 4.99 Å². The van der Waals surface area contributed by atoms with Crippen LogP contribution < -0.4 is 10.6 Å². The number of aromatic nitrogens is 2. The second-order valence-corrected chi connectivity index (χ2v) is 5.50. The number of rotatable bonds is 4. The lowest BCUT2D eigenvalue weighted by atomic mass is 9.96. The predicted octanol–water partition coefficient (Wildman–Crippen LogP) is 0.795. The van der Waals surface area contributed by atoms with E-state index in [0.29, 0.717) is 24.8 Å². The number of guanidine groups is 1. The summed E-state index contributed by atoms with van der Waals surface area (Å²) in [4.78, 5) is 4.64. The van der Waals surface area contributed by atoms with Crippen LogP contribution in [0, 0.1) is 0 Å². The molecule has 2 aliphatic rings. The van der Waals surface area contributed by atoms with Crippen LogP contribution in [-0.4, -0.2) is 40.5 Å². The van der Waals surface area contributed by atoms with Crippen LogP contribution in [0.25, 0.3) is 0 Å². The molecule has 3 unspecified atom stereocenters. The summed E-state index contributed by atoms with van der Waals surface area (Å²) in [6.45, 7) is 3.57. The average molecular weight is 277 g/mol. The monoisotopic (exact) mass is 277 g/mol. The molecule has 1 aromatic rings. The Kier molecular flexibility index (Phi) is 3.91. The van der Waals surface area contributed by atoms with E-state index in [-0.39, 0.29) is 0 Å². The van der Waals surface area contributed by atoms with Crippen molar-refractivity contribution in [1.82, 2.24) is 20.4 Å². The standard InChI is InChI=1S/C14H23N5O/c1-3-15-14(16-9-10-6-7-17-19(10)2)18-12-8-11-4-5-13(12)20-11/h6-7,11-13H,3-5,8-9H2,1-2H3,(H2,15,16,18). The first kappa shape index (κ1) is 13.4. The van der Waals surface area contributed by atoms with Gasteiger partial charge in [0.25, 0.3) is 0 Å². The first-order chi connectivity index (χ1) is 9.76. The summed E-state index contributed by atoms with van der Waals surface area (Å²) in [6.07, 6.45) is 6.10. The Morgan fingerprint density at radius 3 is 3.05 bits per heavy atom. The van der Waals surface area contributed by atoms with Gasteiger partial charge >= 0.3 is 0 Å². The van der Waals surface area contributed by atoms with E-state index < -0.39 is 0 Å². The highest BCUT2D eigenvalue weighted by atomic mass is 16.5. The molecule has 2 saturated heterocycles. The first-order valence-corrected chi connectivity index (χ1v) is 7.43. The predicted molar refractivity (Wildman–Crippen MR) is 77.5 cm³/mol. The second-order valence-electron chi connectivity index (χ2n) is 5.50. The van der Waals surface area contributed by atoms with Crippen molar-refractivity contribution in [3.8, 4) is 0 Å². The van der Waals surface area contributed by atoms with Gasteiger partial charge in [-0.15, -0.1) is 0 Å². The summed E-state index contributed by atoms with van der Waals surface area (Å²) in [7, 11) is 1.94. The molecule has 0 aliphatic carbocycles. The number of aryl methyl sites for hydroxylation is 1. The van der Waals surface area contributed by atoms with Gasteiger partial charge in [0, 0.05) is 19.8 Å². The molecule has 0 aromatic carbocycles. The minimum atomic E-state index is 0.362. The fourth-order valence-corrected chi connectivity index (χ4v) is 3.00. The summed E-state index contributed by atoms with van der Waals surface area (Å²) in [5.74, 6) is 0.870. The average Bonchev–Trinajstić information content (AvgIpc) is 3.13. The third-order valence-corrected chi connectivity index (χ3v) is 4.09. The molecule has 2 aliphatic heterocycles. The molecular weight excluding hydrogens is 254 g/mol. The van der Waals surface area contributed by atoms with E-state index >= 15 is 0 Å². The van der Waals surface area contributed by atoms with Gasteiger partial charge in [0.05, 0.1) is 30.5 Å². The van der Waals surface area contributed by atoms with Crippen LogP contribution in [0.5, 0.6) is 0 Å². The number of aliphatic imine (C=N–C) groups is 1. The van der Waals surface area contributed by atoms with Gasteiger partial charge in [0.2, 0.25) is 0 Å². The van der Waals surface area contributed by atoms with Crippen molar-refractivity contribution in [2.75, 3.05) is 6.54 Å². The van der Waals surface area contributed by atoms with Gasteiger partial charge in [0.15, 0.2) is 5.96 Å². The van der Waals surface area contributed by atoms with Gasteiger partial charge < -0.3 is 15.4 Å². The van der Waals surface area contributed by atoms with E-state index in [1.807, 2.05) is 17.8 Å². The van der Waals surface area contributed by atoms with Gasteiger partial charge in [0.1, 0.15) is 0 Å². The van der Waals surface area contributed by atoms with E-state index in [9.17, 15) is 0 Å². The number of fused-ring (bicyclic) bond motifs is 2. The molecule has 0 amide bonds. The van der Waals surface area contributed by atoms with E-state index in [2.05, 4.69) is 27.6 Å². The zero-order valence-electron chi connectivity index (χ0n) is 12.2. The minimum Gasteiger partial charge on any atom is -0.373 e. The number of ether oxygens (including phenoxy) is 1. The van der Waals surface area contributed by atoms with Crippen molar-refractivity contribution < 1.29 is 4.74 Å². The highest BCUT2D eigenvalue weighted by Crippen LogP contribution is 2.34. The van der Waals surface area contributed by atoms with Crippen molar-refractivity contribution in [2.45, 2.75) is 51.0 Å². The van der Waals surface area contributed by atoms with Crippen LogP contribution >= 0.6 is 0 Å². The quantitative estimate of drug-likeness (QED) is 0.631. The first-order valence-electron chi connectivity index (χ1n) is 7.43. The van der Waals surface area contributed by atoms with Crippen LogP contribution in [0.2, 0.25) is 0 Å². The molecule has 0 spiro atoms. The summed E-state index contributed by atoms with van der Waals surface area (Å²) in [6, 6.07) is 2.39. The molecule has 3 heterocycles. The molecule has 6 heteroatoms. The number of hydrogen-bond acceptors (Lipinski definition) is 3. The Morgan fingerprint density at radius 1 is 1.55 bits per heavy atom. The van der Waals surface area contributed by atoms with Crippen molar-refractivity contribution in [3.63, 3.8) is 0 Å². The second kappa shape index (κ2) is 5.83. The molecule has 20 heavy (non-hydrogen) atoms.